The van der Waals surface area contributed by atoms with Gasteiger partial charge in [0.15, 0.2) is 0 Å². The Morgan fingerprint density at radius 1 is 1.35 bits per heavy atom. The van der Waals surface area contributed by atoms with Gasteiger partial charge in [0.05, 0.1) is 18.9 Å². The number of carbonyl (C=O) groups excluding carboxylic acids is 1. The van der Waals surface area contributed by atoms with Crippen LogP contribution < -0.4 is 5.32 Å². The van der Waals surface area contributed by atoms with Crippen molar-refractivity contribution in [3.63, 3.8) is 0 Å². The lowest BCUT2D eigenvalue weighted by Crippen LogP contribution is -2.46. The van der Waals surface area contributed by atoms with Crippen LogP contribution in [0.5, 0.6) is 0 Å². The number of hydrogen-bond donors (Lipinski definition) is 1. The third-order valence-electron chi connectivity index (χ3n) is 3.37. The number of pyridine rings is 1. The molecule has 6 nitrogen and oxygen atoms in total. The van der Waals surface area contributed by atoms with Gasteiger partial charge in [-0.15, -0.1) is 0 Å². The van der Waals surface area contributed by atoms with Gasteiger partial charge >= 0.3 is 6.03 Å². The number of nitrogens with zero attached hydrogens (tertiary/aromatic N) is 3. The molecule has 1 N–H and O–H groups in total. The third-order valence-corrected chi connectivity index (χ3v) is 3.37. The van der Waals surface area contributed by atoms with Crippen LogP contribution in [0, 0.1) is 0 Å². The average Bonchev–Trinajstić information content (AvgIpc) is 2.90. The lowest BCUT2D eigenvalue weighted by atomic mass is 10.3. The number of carbonyl (C=O) groups is 1. The summed E-state index contributed by atoms with van der Waals surface area (Å²) in [5.74, 6) is 0. The van der Waals surface area contributed by atoms with E-state index in [2.05, 4.69) is 10.3 Å². The van der Waals surface area contributed by atoms with Gasteiger partial charge in [-0.05, 0) is 12.1 Å². The molecule has 0 bridgehead atoms. The average molecular weight is 274 g/mol. The number of rotatable bonds is 3. The third kappa shape index (κ3) is 2.91. The normalized spacial score (nSPS) is 15.5. The standard InChI is InChI=1S/C14H18N4O2/c19-14(17-7-9-20-10-8-17)15-5-4-12-11-18-6-2-1-3-13(18)16-12/h1-3,6,11H,4-5,7-10H2,(H,15,19). The number of imidazole rings is 1. The van der Waals surface area contributed by atoms with Gasteiger partial charge < -0.3 is 19.4 Å². The van der Waals surface area contributed by atoms with Gasteiger partial charge in [0.2, 0.25) is 0 Å². The van der Waals surface area contributed by atoms with Crippen LogP contribution in [0.2, 0.25) is 0 Å². The van der Waals surface area contributed by atoms with E-state index < -0.39 is 0 Å². The van der Waals surface area contributed by atoms with Crippen molar-refractivity contribution in [2.45, 2.75) is 6.42 Å². The lowest BCUT2D eigenvalue weighted by molar-refractivity contribution is 0.0533. The first-order valence-corrected chi connectivity index (χ1v) is 6.86. The molecule has 0 aliphatic carbocycles. The maximum Gasteiger partial charge on any atom is 0.317 e. The molecule has 6 heteroatoms. The highest BCUT2D eigenvalue weighted by molar-refractivity contribution is 5.74. The summed E-state index contributed by atoms with van der Waals surface area (Å²) in [5, 5.41) is 2.93. The minimum absolute atomic E-state index is 0.0166. The second-order valence-corrected chi connectivity index (χ2v) is 4.78. The van der Waals surface area contributed by atoms with Gasteiger partial charge in [-0.2, -0.15) is 0 Å². The Morgan fingerprint density at radius 3 is 3.00 bits per heavy atom. The molecule has 2 aromatic rings. The first kappa shape index (κ1) is 12.9. The predicted molar refractivity (Wildman–Crippen MR) is 74.7 cm³/mol. The maximum atomic E-state index is 11.9. The smallest absolute Gasteiger partial charge is 0.317 e. The highest BCUT2D eigenvalue weighted by atomic mass is 16.5. The second kappa shape index (κ2) is 5.92. The molecule has 2 aromatic heterocycles. The van der Waals surface area contributed by atoms with Gasteiger partial charge in [0.25, 0.3) is 0 Å². The van der Waals surface area contributed by atoms with Crippen LogP contribution in [-0.2, 0) is 11.2 Å². The zero-order valence-electron chi connectivity index (χ0n) is 11.3. The highest BCUT2D eigenvalue weighted by Crippen LogP contribution is 2.04. The molecule has 1 aliphatic heterocycles. The molecule has 0 radical (unpaired) electrons. The molecular formula is C14H18N4O2. The summed E-state index contributed by atoms with van der Waals surface area (Å²) in [7, 11) is 0. The van der Waals surface area contributed by atoms with E-state index in [4.69, 9.17) is 4.74 Å². The van der Waals surface area contributed by atoms with E-state index in [1.165, 1.54) is 0 Å². The van der Waals surface area contributed by atoms with Crippen molar-refractivity contribution in [2.75, 3.05) is 32.8 Å². The summed E-state index contributed by atoms with van der Waals surface area (Å²) in [6.07, 6.45) is 4.70. The first-order chi connectivity index (χ1) is 9.83. The van der Waals surface area contributed by atoms with Crippen molar-refractivity contribution >= 4 is 11.7 Å². The van der Waals surface area contributed by atoms with Crippen molar-refractivity contribution in [1.82, 2.24) is 19.6 Å². The monoisotopic (exact) mass is 274 g/mol. The Morgan fingerprint density at radius 2 is 2.20 bits per heavy atom. The Hall–Kier alpha value is -2.08. The van der Waals surface area contributed by atoms with Crippen molar-refractivity contribution in [2.24, 2.45) is 0 Å². The van der Waals surface area contributed by atoms with E-state index in [0.29, 0.717) is 32.8 Å². The number of amides is 2. The van der Waals surface area contributed by atoms with E-state index in [9.17, 15) is 4.79 Å². The second-order valence-electron chi connectivity index (χ2n) is 4.78. The van der Waals surface area contributed by atoms with Crippen molar-refractivity contribution in [3.8, 4) is 0 Å². The summed E-state index contributed by atoms with van der Waals surface area (Å²) in [6.45, 7) is 3.18. The quantitative estimate of drug-likeness (QED) is 0.905. The Labute approximate surface area is 117 Å². The molecular weight excluding hydrogens is 256 g/mol. The van der Waals surface area contributed by atoms with Crippen LogP contribution in [-0.4, -0.2) is 53.2 Å². The van der Waals surface area contributed by atoms with E-state index in [1.54, 1.807) is 4.90 Å². The van der Waals surface area contributed by atoms with Gasteiger partial charge in [0.1, 0.15) is 5.65 Å². The number of fused-ring (bicyclic) bond motifs is 1. The Kier molecular flexibility index (Phi) is 3.83. The van der Waals surface area contributed by atoms with Crippen molar-refractivity contribution in [3.05, 3.63) is 36.3 Å². The topological polar surface area (TPSA) is 58.9 Å². The summed E-state index contributed by atoms with van der Waals surface area (Å²) in [6, 6.07) is 5.89. The molecule has 0 atom stereocenters. The summed E-state index contributed by atoms with van der Waals surface area (Å²) < 4.78 is 7.21. The van der Waals surface area contributed by atoms with E-state index in [-0.39, 0.29) is 6.03 Å². The minimum atomic E-state index is -0.0166. The first-order valence-electron chi connectivity index (χ1n) is 6.86. The highest BCUT2D eigenvalue weighted by Gasteiger charge is 2.15. The van der Waals surface area contributed by atoms with Crippen LogP contribution in [0.1, 0.15) is 5.69 Å². The Balaban J connectivity index is 1.50. The molecule has 2 amide bonds. The van der Waals surface area contributed by atoms with Crippen molar-refractivity contribution in [1.29, 1.82) is 0 Å². The number of ether oxygens (including phenoxy) is 1. The van der Waals surface area contributed by atoms with Gasteiger partial charge in [-0.25, -0.2) is 9.78 Å². The molecule has 0 aromatic carbocycles. The van der Waals surface area contributed by atoms with E-state index in [1.807, 2.05) is 35.0 Å². The molecule has 0 saturated carbocycles. The molecule has 3 heterocycles. The molecule has 1 saturated heterocycles. The maximum absolute atomic E-state index is 11.9. The van der Waals surface area contributed by atoms with Gasteiger partial charge in [0, 0.05) is 38.4 Å². The number of aromatic nitrogens is 2. The number of nitrogens with one attached hydrogen (secondary N) is 1. The molecule has 1 fully saturated rings. The fraction of sp³-hybridized carbons (Fsp3) is 0.429. The van der Waals surface area contributed by atoms with E-state index >= 15 is 0 Å². The fourth-order valence-electron chi connectivity index (χ4n) is 2.28. The fourth-order valence-corrected chi connectivity index (χ4v) is 2.28. The number of urea groups is 1. The predicted octanol–water partition coefficient (Wildman–Crippen LogP) is 0.919. The zero-order valence-corrected chi connectivity index (χ0v) is 11.3. The zero-order chi connectivity index (χ0) is 13.8. The molecule has 3 rings (SSSR count). The van der Waals surface area contributed by atoms with Crippen LogP contribution >= 0.6 is 0 Å². The van der Waals surface area contributed by atoms with Gasteiger partial charge in [-0.1, -0.05) is 6.07 Å². The molecule has 0 spiro atoms. The summed E-state index contributed by atoms with van der Waals surface area (Å²) in [4.78, 5) is 18.2. The largest absolute Gasteiger partial charge is 0.378 e. The SMILES string of the molecule is O=C(NCCc1cn2ccccc2n1)N1CCOCC1. The van der Waals surface area contributed by atoms with Crippen molar-refractivity contribution < 1.29 is 9.53 Å². The Bertz CT molecular complexity index is 557. The van der Waals surface area contributed by atoms with Crippen LogP contribution in [0.25, 0.3) is 5.65 Å². The summed E-state index contributed by atoms with van der Waals surface area (Å²) >= 11 is 0. The molecule has 1 aliphatic rings. The van der Waals surface area contributed by atoms with Crippen LogP contribution in [0.3, 0.4) is 0 Å². The van der Waals surface area contributed by atoms with Crippen LogP contribution in [0.4, 0.5) is 4.79 Å². The molecule has 106 valence electrons. The summed E-state index contributed by atoms with van der Waals surface area (Å²) in [5.41, 5.74) is 1.92. The molecule has 0 unspecified atom stereocenters. The lowest BCUT2D eigenvalue weighted by Gasteiger charge is -2.26. The number of hydrogen-bond acceptors (Lipinski definition) is 3. The van der Waals surface area contributed by atoms with Crippen LogP contribution in [0.15, 0.2) is 30.6 Å². The van der Waals surface area contributed by atoms with E-state index in [0.717, 1.165) is 17.8 Å². The number of morpholine rings is 1. The molecule has 20 heavy (non-hydrogen) atoms. The minimum Gasteiger partial charge on any atom is -0.378 e. The van der Waals surface area contributed by atoms with Gasteiger partial charge in [-0.3, -0.25) is 0 Å².